The molecule has 4 aromatic carbocycles. The van der Waals surface area contributed by atoms with Crippen LogP contribution in [0.1, 0.15) is 0 Å². The highest BCUT2D eigenvalue weighted by Gasteiger charge is 2.15. The van der Waals surface area contributed by atoms with Gasteiger partial charge in [0.1, 0.15) is 21.6 Å². The van der Waals surface area contributed by atoms with E-state index in [2.05, 4.69) is 60.7 Å². The Labute approximate surface area is 284 Å². The molecule has 0 atom stereocenters. The molecule has 0 fully saturated rings. The van der Waals surface area contributed by atoms with Gasteiger partial charge in [0.15, 0.2) is 0 Å². The number of benzene rings is 4. The molecule has 0 aliphatic rings. The van der Waals surface area contributed by atoms with Gasteiger partial charge in [0.05, 0.1) is 30.2 Å². The number of nitrogens with zero attached hydrogens (tertiary/aromatic N) is 2. The molecule has 10 aromatic rings. The highest BCUT2D eigenvalue weighted by Crippen LogP contribution is 2.45. The predicted octanol–water partition coefficient (Wildman–Crippen LogP) is 13.6. The molecule has 10 heteroatoms. The maximum atomic E-state index is 13.7. The molecule has 220 valence electrons. The van der Waals surface area contributed by atoms with E-state index < -0.39 is 0 Å². The van der Waals surface area contributed by atoms with Crippen molar-refractivity contribution in [3.8, 4) is 39.3 Å². The average molecular weight is 707 g/mol. The largest absolute Gasteiger partial charge is 0.235 e. The summed E-state index contributed by atoms with van der Waals surface area (Å²) in [6.45, 7) is 0. The van der Waals surface area contributed by atoms with Crippen LogP contribution in [0.4, 0.5) is 8.78 Å². The van der Waals surface area contributed by atoms with Gasteiger partial charge in [0.2, 0.25) is 0 Å². The molecule has 0 spiro atoms. The van der Waals surface area contributed by atoms with Crippen molar-refractivity contribution in [2.24, 2.45) is 0 Å². The minimum atomic E-state index is -0.231. The van der Waals surface area contributed by atoms with E-state index >= 15 is 0 Å². The first kappa shape index (κ1) is 27.2. The van der Waals surface area contributed by atoms with Crippen molar-refractivity contribution < 1.29 is 8.78 Å². The van der Waals surface area contributed by atoms with Gasteiger partial charge in [-0.1, -0.05) is 0 Å². The fraction of sp³-hybridized carbons (Fsp3) is 0. The van der Waals surface area contributed by atoms with Crippen LogP contribution in [-0.4, -0.2) is 9.97 Å². The van der Waals surface area contributed by atoms with E-state index in [1.807, 2.05) is 22.7 Å². The molecule has 10 rings (SSSR count). The van der Waals surface area contributed by atoms with Crippen LogP contribution in [0.15, 0.2) is 97.1 Å². The lowest BCUT2D eigenvalue weighted by molar-refractivity contribution is 0.629. The first-order valence-corrected chi connectivity index (χ1v) is 19.1. The number of hydrogen-bond donors (Lipinski definition) is 0. The molecule has 0 N–H and O–H groups in total. The third-order valence-electron chi connectivity index (χ3n) is 7.93. The highest BCUT2D eigenvalue weighted by atomic mass is 32.1. The third-order valence-corrected chi connectivity index (χ3v) is 15.1. The molecule has 6 heterocycles. The summed E-state index contributed by atoms with van der Waals surface area (Å²) in [4.78, 5) is 16.6. The van der Waals surface area contributed by atoms with Gasteiger partial charge in [0.25, 0.3) is 0 Å². The van der Waals surface area contributed by atoms with Crippen LogP contribution < -0.4 is 0 Å². The number of fused-ring (bicyclic) bond motifs is 5. The second-order valence-corrected chi connectivity index (χ2v) is 17.3. The normalized spacial score (nSPS) is 12.1. The Morgan fingerprint density at radius 1 is 0.348 bits per heavy atom. The van der Waals surface area contributed by atoms with Crippen LogP contribution >= 0.6 is 68.0 Å². The summed E-state index contributed by atoms with van der Waals surface area (Å²) >= 11 is 10.2. The zero-order valence-corrected chi connectivity index (χ0v) is 28.2. The van der Waals surface area contributed by atoms with E-state index in [1.54, 1.807) is 46.9 Å². The van der Waals surface area contributed by atoms with E-state index in [0.717, 1.165) is 40.2 Å². The van der Waals surface area contributed by atoms with Gasteiger partial charge < -0.3 is 0 Å². The van der Waals surface area contributed by atoms with Crippen molar-refractivity contribution in [3.05, 3.63) is 109 Å². The van der Waals surface area contributed by atoms with Crippen LogP contribution in [0, 0.1) is 11.6 Å². The van der Waals surface area contributed by atoms with E-state index in [1.165, 1.54) is 85.3 Å². The average Bonchev–Trinajstić information content (AvgIpc) is 3.87. The van der Waals surface area contributed by atoms with Crippen molar-refractivity contribution in [2.45, 2.75) is 0 Å². The highest BCUT2D eigenvalue weighted by molar-refractivity contribution is 7.30. The summed E-state index contributed by atoms with van der Waals surface area (Å²) in [6, 6.07) is 31.9. The summed E-state index contributed by atoms with van der Waals surface area (Å²) in [5.41, 5.74) is 1.67. The summed E-state index contributed by atoms with van der Waals surface area (Å²) in [5.74, 6) is -0.462. The fourth-order valence-corrected chi connectivity index (χ4v) is 12.2. The van der Waals surface area contributed by atoms with E-state index in [0.29, 0.717) is 0 Å². The molecule has 0 unspecified atom stereocenters. The minimum absolute atomic E-state index is 0.231. The second-order valence-electron chi connectivity index (χ2n) is 10.9. The molecule has 6 aromatic heterocycles. The van der Waals surface area contributed by atoms with E-state index in [4.69, 9.17) is 9.97 Å². The quantitative estimate of drug-likeness (QED) is 0.182. The van der Waals surface area contributed by atoms with E-state index in [9.17, 15) is 8.78 Å². The number of aromatic nitrogens is 2. The van der Waals surface area contributed by atoms with Crippen LogP contribution in [0.5, 0.6) is 0 Å². The lowest BCUT2D eigenvalue weighted by atomic mass is 10.1. The molecule has 0 aliphatic carbocycles. The standard InChI is InChI=1S/C36H16F2N2S6/c37-21-1-3-23-31(15-21)45-35(39-23)27-7-5-25(41-27)33-13-19-9-17-12-30-20(10-18(17)11-29(19)43-33)14-34(44-30)26-6-8-28(42-26)36-40-24-4-2-22(38)16-32(24)46-36/h1-16H. The van der Waals surface area contributed by atoms with Crippen molar-refractivity contribution in [3.63, 3.8) is 0 Å². The molecular formula is C36H16F2N2S6. The molecule has 0 bridgehead atoms. The number of thiazole rings is 2. The topological polar surface area (TPSA) is 25.8 Å². The SMILES string of the molecule is Fc1ccc2nc(-c3ccc(-c4cc5cc6cc7sc(-c8ccc(-c9nc%10ccc(F)cc%10s9)s8)cc7cc6cc5s4)s3)sc2c1. The molecule has 0 aliphatic heterocycles. The second kappa shape index (κ2) is 10.3. The minimum Gasteiger partial charge on any atom is -0.235 e. The van der Waals surface area contributed by atoms with Crippen molar-refractivity contribution in [1.82, 2.24) is 9.97 Å². The summed E-state index contributed by atoms with van der Waals surface area (Å²) in [6.07, 6.45) is 0. The molecule has 0 radical (unpaired) electrons. The maximum absolute atomic E-state index is 13.7. The Kier molecular flexibility index (Phi) is 6.10. The Morgan fingerprint density at radius 2 is 0.804 bits per heavy atom. The number of thiophene rings is 4. The van der Waals surface area contributed by atoms with Crippen LogP contribution in [0.2, 0.25) is 0 Å². The zero-order valence-electron chi connectivity index (χ0n) is 23.3. The monoisotopic (exact) mass is 706 g/mol. The van der Waals surface area contributed by atoms with E-state index in [-0.39, 0.29) is 11.6 Å². The van der Waals surface area contributed by atoms with Crippen molar-refractivity contribution >= 4 is 119 Å². The molecule has 46 heavy (non-hydrogen) atoms. The van der Waals surface area contributed by atoms with Gasteiger partial charge >= 0.3 is 0 Å². The van der Waals surface area contributed by atoms with Crippen molar-refractivity contribution in [2.75, 3.05) is 0 Å². The lowest BCUT2D eigenvalue weighted by Crippen LogP contribution is -1.72. The summed E-state index contributed by atoms with van der Waals surface area (Å²) < 4.78 is 31.7. The Bertz CT molecular complexity index is 2550. The van der Waals surface area contributed by atoms with Gasteiger partial charge in [-0.3, -0.25) is 0 Å². The number of hydrogen-bond acceptors (Lipinski definition) is 8. The first-order chi connectivity index (χ1) is 22.5. The Balaban J connectivity index is 0.968. The summed E-state index contributed by atoms with van der Waals surface area (Å²) in [5, 5.41) is 6.81. The third kappa shape index (κ3) is 4.55. The van der Waals surface area contributed by atoms with Crippen LogP contribution in [0.25, 0.3) is 90.7 Å². The van der Waals surface area contributed by atoms with Gasteiger partial charge in [-0.2, -0.15) is 0 Å². The molecular weight excluding hydrogens is 691 g/mol. The van der Waals surface area contributed by atoms with Crippen LogP contribution in [-0.2, 0) is 0 Å². The van der Waals surface area contributed by atoms with Crippen LogP contribution in [0.3, 0.4) is 0 Å². The molecule has 2 nitrogen and oxygen atoms in total. The molecule has 0 amide bonds. The van der Waals surface area contributed by atoms with Gasteiger partial charge in [-0.25, -0.2) is 18.7 Å². The predicted molar refractivity (Wildman–Crippen MR) is 198 cm³/mol. The summed E-state index contributed by atoms with van der Waals surface area (Å²) in [7, 11) is 0. The zero-order chi connectivity index (χ0) is 30.5. The molecule has 0 saturated heterocycles. The first-order valence-electron chi connectivity index (χ1n) is 14.2. The Morgan fingerprint density at radius 3 is 1.28 bits per heavy atom. The maximum Gasteiger partial charge on any atom is 0.134 e. The number of rotatable bonds is 4. The Hall–Kier alpha value is -3.90. The fourth-order valence-electron chi connectivity index (χ4n) is 5.74. The van der Waals surface area contributed by atoms with Gasteiger partial charge in [-0.05, 0) is 119 Å². The van der Waals surface area contributed by atoms with Gasteiger partial charge in [0, 0.05) is 28.9 Å². The molecule has 0 saturated carbocycles. The van der Waals surface area contributed by atoms with Crippen molar-refractivity contribution in [1.29, 1.82) is 0 Å². The smallest absolute Gasteiger partial charge is 0.134 e. The van der Waals surface area contributed by atoms with Gasteiger partial charge in [-0.15, -0.1) is 68.0 Å². The number of halogens is 2. The lowest BCUT2D eigenvalue weighted by Gasteiger charge is -1.99.